The molecule has 2 aromatic rings. The maximum absolute atomic E-state index is 12.2. The van der Waals surface area contributed by atoms with Gasteiger partial charge in [-0.15, -0.1) is 0 Å². The fourth-order valence-electron chi connectivity index (χ4n) is 3.33. The highest BCUT2D eigenvalue weighted by Gasteiger charge is 2.22. The van der Waals surface area contributed by atoms with Crippen LogP contribution >= 0.6 is 0 Å². The SMILES string of the molecule is CC(NC(=O)NC1CCC(CO)CC1)c1ccc(-n2cccn2)cc1. The van der Waals surface area contributed by atoms with Crippen LogP contribution in [-0.2, 0) is 0 Å². The first kappa shape index (κ1) is 17.5. The Hall–Kier alpha value is -2.34. The highest BCUT2D eigenvalue weighted by atomic mass is 16.3. The van der Waals surface area contributed by atoms with Crippen molar-refractivity contribution >= 4 is 6.03 Å². The van der Waals surface area contributed by atoms with E-state index in [1.165, 1.54) is 0 Å². The molecule has 25 heavy (non-hydrogen) atoms. The molecule has 3 N–H and O–H groups in total. The number of aromatic nitrogens is 2. The number of rotatable bonds is 5. The molecule has 2 amide bonds. The van der Waals surface area contributed by atoms with Crippen molar-refractivity contribution in [3.8, 4) is 5.69 Å². The van der Waals surface area contributed by atoms with Crippen LogP contribution in [0.25, 0.3) is 5.69 Å². The molecule has 1 fully saturated rings. The number of nitrogens with one attached hydrogen (secondary N) is 2. The van der Waals surface area contributed by atoms with Gasteiger partial charge in [0.1, 0.15) is 0 Å². The largest absolute Gasteiger partial charge is 0.396 e. The number of carbonyl (C=O) groups excluding carboxylic acids is 1. The first-order valence-electron chi connectivity index (χ1n) is 8.93. The second kappa shape index (κ2) is 8.16. The van der Waals surface area contributed by atoms with Gasteiger partial charge in [-0.1, -0.05) is 12.1 Å². The highest BCUT2D eigenvalue weighted by molar-refractivity contribution is 5.74. The molecule has 1 unspecified atom stereocenters. The van der Waals surface area contributed by atoms with Gasteiger partial charge < -0.3 is 15.7 Å². The van der Waals surface area contributed by atoms with Crippen LogP contribution in [0.2, 0.25) is 0 Å². The van der Waals surface area contributed by atoms with E-state index in [9.17, 15) is 9.90 Å². The zero-order chi connectivity index (χ0) is 17.6. The van der Waals surface area contributed by atoms with Gasteiger partial charge in [0.05, 0.1) is 11.7 Å². The van der Waals surface area contributed by atoms with E-state index in [4.69, 9.17) is 0 Å². The molecular formula is C19H26N4O2. The maximum Gasteiger partial charge on any atom is 0.315 e. The van der Waals surface area contributed by atoms with E-state index in [-0.39, 0.29) is 24.7 Å². The lowest BCUT2D eigenvalue weighted by Crippen LogP contribution is -2.44. The van der Waals surface area contributed by atoms with Gasteiger partial charge >= 0.3 is 6.03 Å². The van der Waals surface area contributed by atoms with Gasteiger partial charge in [-0.25, -0.2) is 9.48 Å². The third-order valence-electron chi connectivity index (χ3n) is 4.95. The summed E-state index contributed by atoms with van der Waals surface area (Å²) in [7, 11) is 0. The van der Waals surface area contributed by atoms with Crippen molar-refractivity contribution in [1.29, 1.82) is 0 Å². The van der Waals surface area contributed by atoms with Crippen molar-refractivity contribution in [2.24, 2.45) is 5.92 Å². The van der Waals surface area contributed by atoms with Crippen LogP contribution in [0.1, 0.15) is 44.2 Å². The van der Waals surface area contributed by atoms with E-state index < -0.39 is 0 Å². The Morgan fingerprint density at radius 2 is 2.00 bits per heavy atom. The molecule has 134 valence electrons. The van der Waals surface area contributed by atoms with Gasteiger partial charge in [-0.3, -0.25) is 0 Å². The minimum atomic E-state index is -0.129. The number of aliphatic hydroxyl groups is 1. The standard InChI is InChI=1S/C19H26N4O2/c1-14(16-5-9-18(10-6-16)23-12-2-11-20-23)21-19(25)22-17-7-3-15(13-24)4-8-17/h2,5-6,9-12,14-15,17,24H,3-4,7-8,13H2,1H3,(H2,21,22,25). The predicted octanol–water partition coefficient (Wildman–Crippen LogP) is 2.78. The van der Waals surface area contributed by atoms with Crippen LogP contribution in [0.5, 0.6) is 0 Å². The van der Waals surface area contributed by atoms with Crippen LogP contribution in [-0.4, -0.2) is 33.6 Å². The number of nitrogens with zero attached hydrogens (tertiary/aromatic N) is 2. The molecule has 1 aliphatic carbocycles. The summed E-state index contributed by atoms with van der Waals surface area (Å²) in [4.78, 5) is 12.2. The highest BCUT2D eigenvalue weighted by Crippen LogP contribution is 2.23. The van der Waals surface area contributed by atoms with Crippen molar-refractivity contribution < 1.29 is 9.90 Å². The predicted molar refractivity (Wildman–Crippen MR) is 96.5 cm³/mol. The number of urea groups is 1. The smallest absolute Gasteiger partial charge is 0.315 e. The maximum atomic E-state index is 12.2. The fourth-order valence-corrected chi connectivity index (χ4v) is 3.33. The third-order valence-corrected chi connectivity index (χ3v) is 4.95. The lowest BCUT2D eigenvalue weighted by Gasteiger charge is -2.28. The average Bonchev–Trinajstić information content (AvgIpc) is 3.17. The van der Waals surface area contributed by atoms with Crippen LogP contribution in [0.15, 0.2) is 42.7 Å². The molecule has 6 nitrogen and oxygen atoms in total. The van der Waals surface area contributed by atoms with Crippen LogP contribution in [0.4, 0.5) is 4.79 Å². The summed E-state index contributed by atoms with van der Waals surface area (Å²) >= 11 is 0. The van der Waals surface area contributed by atoms with Gasteiger partial charge in [0.2, 0.25) is 0 Å². The van der Waals surface area contributed by atoms with E-state index in [1.807, 2.05) is 43.5 Å². The van der Waals surface area contributed by atoms with Gasteiger partial charge in [0.15, 0.2) is 0 Å². The topological polar surface area (TPSA) is 79.2 Å². The summed E-state index contributed by atoms with van der Waals surface area (Å²) in [5.74, 6) is 0.397. The summed E-state index contributed by atoms with van der Waals surface area (Å²) in [5.41, 5.74) is 2.04. The van der Waals surface area contributed by atoms with Crippen molar-refractivity contribution in [1.82, 2.24) is 20.4 Å². The van der Waals surface area contributed by atoms with Crippen molar-refractivity contribution in [3.63, 3.8) is 0 Å². The summed E-state index contributed by atoms with van der Waals surface area (Å²) in [6.45, 7) is 2.23. The second-order valence-electron chi connectivity index (χ2n) is 6.78. The van der Waals surface area contributed by atoms with E-state index in [1.54, 1.807) is 10.9 Å². The molecule has 1 atom stereocenters. The number of hydrogen-bond acceptors (Lipinski definition) is 3. The fraction of sp³-hybridized carbons (Fsp3) is 0.474. The van der Waals surface area contributed by atoms with Crippen molar-refractivity contribution in [2.75, 3.05) is 6.61 Å². The molecule has 1 heterocycles. The van der Waals surface area contributed by atoms with Gasteiger partial charge in [-0.2, -0.15) is 5.10 Å². The first-order valence-corrected chi connectivity index (χ1v) is 8.93. The normalized spacial score (nSPS) is 21.5. The van der Waals surface area contributed by atoms with Gasteiger partial charge in [0, 0.05) is 25.0 Å². The number of amides is 2. The second-order valence-corrected chi connectivity index (χ2v) is 6.78. The molecule has 6 heteroatoms. The molecule has 0 radical (unpaired) electrons. The monoisotopic (exact) mass is 342 g/mol. The Kier molecular flexibility index (Phi) is 5.71. The minimum absolute atomic E-state index is 0.0690. The zero-order valence-electron chi connectivity index (χ0n) is 14.6. The van der Waals surface area contributed by atoms with Gasteiger partial charge in [-0.05, 0) is 62.3 Å². The Morgan fingerprint density at radius 1 is 1.28 bits per heavy atom. The lowest BCUT2D eigenvalue weighted by molar-refractivity contribution is 0.174. The molecule has 0 spiro atoms. The molecule has 0 bridgehead atoms. The number of carbonyl (C=O) groups is 1. The number of aliphatic hydroxyl groups excluding tert-OH is 1. The Balaban J connectivity index is 1.50. The quantitative estimate of drug-likeness (QED) is 0.782. The lowest BCUT2D eigenvalue weighted by atomic mass is 9.87. The number of benzene rings is 1. The summed E-state index contributed by atoms with van der Waals surface area (Å²) in [6, 6.07) is 9.90. The summed E-state index contributed by atoms with van der Waals surface area (Å²) in [6.07, 6.45) is 7.47. The number of hydrogen-bond donors (Lipinski definition) is 3. The molecular weight excluding hydrogens is 316 g/mol. The zero-order valence-corrected chi connectivity index (χ0v) is 14.6. The Bertz CT molecular complexity index is 661. The molecule has 0 saturated heterocycles. The molecule has 0 aliphatic heterocycles. The minimum Gasteiger partial charge on any atom is -0.396 e. The summed E-state index contributed by atoms with van der Waals surface area (Å²) in [5, 5.41) is 19.4. The first-order chi connectivity index (χ1) is 12.2. The van der Waals surface area contributed by atoms with Gasteiger partial charge in [0.25, 0.3) is 0 Å². The van der Waals surface area contributed by atoms with Crippen molar-refractivity contribution in [2.45, 2.75) is 44.7 Å². The van der Waals surface area contributed by atoms with E-state index in [0.29, 0.717) is 5.92 Å². The average molecular weight is 342 g/mol. The van der Waals surface area contributed by atoms with Crippen molar-refractivity contribution in [3.05, 3.63) is 48.3 Å². The van der Waals surface area contributed by atoms with E-state index >= 15 is 0 Å². The van der Waals surface area contributed by atoms with Crippen LogP contribution in [0.3, 0.4) is 0 Å². The molecule has 1 aromatic heterocycles. The van der Waals surface area contributed by atoms with Crippen LogP contribution < -0.4 is 10.6 Å². The molecule has 1 aliphatic rings. The molecule has 1 saturated carbocycles. The molecule has 1 aromatic carbocycles. The molecule has 3 rings (SSSR count). The Labute approximate surface area is 148 Å². The van der Waals surface area contributed by atoms with E-state index in [0.717, 1.165) is 36.9 Å². The third kappa shape index (κ3) is 4.60. The Morgan fingerprint density at radius 3 is 2.60 bits per heavy atom. The van der Waals surface area contributed by atoms with Crippen LogP contribution in [0, 0.1) is 5.92 Å². The van der Waals surface area contributed by atoms with E-state index in [2.05, 4.69) is 15.7 Å². The summed E-state index contributed by atoms with van der Waals surface area (Å²) < 4.78 is 1.80.